The summed E-state index contributed by atoms with van der Waals surface area (Å²) >= 11 is 0. The molecule has 2 aromatic carbocycles. The topological polar surface area (TPSA) is 59.3 Å². The summed E-state index contributed by atoms with van der Waals surface area (Å²) in [7, 11) is 1.72. The summed E-state index contributed by atoms with van der Waals surface area (Å²) in [6.45, 7) is 0. The molecule has 0 saturated carbocycles. The van der Waals surface area contributed by atoms with Crippen molar-refractivity contribution in [1.82, 2.24) is 4.57 Å². The molecule has 0 atom stereocenters. The number of carbonyl (C=O) groups is 2. The SMILES string of the molecule is Cn1c(CC(=O)O)ccc1C(=O)c1ccc(Cc2ccccc2)cc1. The number of carboxylic acids is 1. The maximum absolute atomic E-state index is 12.7. The number of benzene rings is 2. The van der Waals surface area contributed by atoms with E-state index < -0.39 is 5.97 Å². The standard InChI is InChI=1S/C21H19NO3/c1-22-18(14-20(23)24)11-12-19(22)21(25)17-9-7-16(8-10-17)13-15-5-3-2-4-6-15/h2-12H,13-14H2,1H3,(H,23,24). The quantitative estimate of drug-likeness (QED) is 0.703. The number of ketones is 1. The van der Waals surface area contributed by atoms with Gasteiger partial charge in [0.05, 0.1) is 12.1 Å². The zero-order valence-corrected chi connectivity index (χ0v) is 14.0. The summed E-state index contributed by atoms with van der Waals surface area (Å²) in [4.78, 5) is 23.5. The van der Waals surface area contributed by atoms with Gasteiger partial charge in [-0.15, -0.1) is 0 Å². The molecule has 0 bridgehead atoms. The van der Waals surface area contributed by atoms with Crippen LogP contribution in [0, 0.1) is 0 Å². The van der Waals surface area contributed by atoms with Crippen LogP contribution in [0.1, 0.15) is 32.9 Å². The molecule has 3 aromatic rings. The summed E-state index contributed by atoms with van der Waals surface area (Å²) in [5.74, 6) is -1.02. The Bertz CT molecular complexity index is 893. The molecule has 4 nitrogen and oxygen atoms in total. The van der Waals surface area contributed by atoms with Crippen molar-refractivity contribution in [2.75, 3.05) is 0 Å². The van der Waals surface area contributed by atoms with Gasteiger partial charge in [-0.05, 0) is 29.7 Å². The molecule has 0 amide bonds. The van der Waals surface area contributed by atoms with Crippen molar-refractivity contribution >= 4 is 11.8 Å². The van der Waals surface area contributed by atoms with Crippen LogP contribution < -0.4 is 0 Å². The number of hydrogen-bond acceptors (Lipinski definition) is 2. The zero-order chi connectivity index (χ0) is 17.8. The van der Waals surface area contributed by atoms with Crippen molar-refractivity contribution in [3.63, 3.8) is 0 Å². The molecule has 0 aliphatic carbocycles. The van der Waals surface area contributed by atoms with Crippen LogP contribution in [0.2, 0.25) is 0 Å². The fourth-order valence-corrected chi connectivity index (χ4v) is 2.87. The van der Waals surface area contributed by atoms with Crippen LogP contribution in [-0.2, 0) is 24.7 Å². The second-order valence-electron chi connectivity index (χ2n) is 6.03. The van der Waals surface area contributed by atoms with Gasteiger partial charge in [-0.2, -0.15) is 0 Å². The van der Waals surface area contributed by atoms with Gasteiger partial charge >= 0.3 is 5.97 Å². The van der Waals surface area contributed by atoms with Crippen molar-refractivity contribution in [3.05, 3.63) is 94.8 Å². The molecular formula is C21H19NO3. The molecule has 0 aliphatic rings. The van der Waals surface area contributed by atoms with Crippen molar-refractivity contribution < 1.29 is 14.7 Å². The van der Waals surface area contributed by atoms with E-state index in [2.05, 4.69) is 12.1 Å². The molecule has 1 aromatic heterocycles. The van der Waals surface area contributed by atoms with E-state index in [-0.39, 0.29) is 12.2 Å². The van der Waals surface area contributed by atoms with Gasteiger partial charge in [0.15, 0.2) is 0 Å². The van der Waals surface area contributed by atoms with E-state index in [1.807, 2.05) is 42.5 Å². The molecule has 0 saturated heterocycles. The molecule has 0 fully saturated rings. The van der Waals surface area contributed by atoms with Crippen LogP contribution in [0.25, 0.3) is 0 Å². The highest BCUT2D eigenvalue weighted by molar-refractivity contribution is 6.08. The number of rotatable bonds is 6. The Hall–Kier alpha value is -3.14. The van der Waals surface area contributed by atoms with Gasteiger partial charge in [-0.25, -0.2) is 0 Å². The lowest BCUT2D eigenvalue weighted by atomic mass is 10.0. The third kappa shape index (κ3) is 3.86. The van der Waals surface area contributed by atoms with Crippen molar-refractivity contribution in [2.24, 2.45) is 7.05 Å². The van der Waals surface area contributed by atoms with Gasteiger partial charge in [0.25, 0.3) is 0 Å². The second-order valence-corrected chi connectivity index (χ2v) is 6.03. The number of aliphatic carboxylic acids is 1. The van der Waals surface area contributed by atoms with E-state index in [1.165, 1.54) is 5.56 Å². The number of aromatic nitrogens is 1. The van der Waals surface area contributed by atoms with Gasteiger partial charge in [-0.1, -0.05) is 54.6 Å². The third-order valence-electron chi connectivity index (χ3n) is 4.26. The smallest absolute Gasteiger partial charge is 0.309 e. The van der Waals surface area contributed by atoms with Gasteiger partial charge in [0.2, 0.25) is 5.78 Å². The summed E-state index contributed by atoms with van der Waals surface area (Å²) in [5, 5.41) is 8.91. The van der Waals surface area contributed by atoms with Gasteiger partial charge in [-0.3, -0.25) is 9.59 Å². The third-order valence-corrected chi connectivity index (χ3v) is 4.26. The number of hydrogen-bond donors (Lipinski definition) is 1. The first kappa shape index (κ1) is 16.7. The lowest BCUT2D eigenvalue weighted by Gasteiger charge is -2.07. The Morgan fingerprint density at radius 1 is 0.880 bits per heavy atom. The van der Waals surface area contributed by atoms with E-state index >= 15 is 0 Å². The van der Waals surface area contributed by atoms with Gasteiger partial charge < -0.3 is 9.67 Å². The molecule has 1 heterocycles. The van der Waals surface area contributed by atoms with Crippen LogP contribution in [0.5, 0.6) is 0 Å². The minimum absolute atomic E-state index is 0.0974. The molecule has 0 aliphatic heterocycles. The number of carboxylic acid groups (broad SMARTS) is 1. The Kier molecular flexibility index (Phi) is 4.80. The molecule has 126 valence electrons. The molecule has 0 unspecified atom stereocenters. The van der Waals surface area contributed by atoms with Crippen LogP contribution in [0.4, 0.5) is 0 Å². The monoisotopic (exact) mass is 333 g/mol. The molecule has 1 N–H and O–H groups in total. The molecule has 4 heteroatoms. The molecule has 25 heavy (non-hydrogen) atoms. The van der Waals surface area contributed by atoms with E-state index in [9.17, 15) is 9.59 Å². The fraction of sp³-hybridized carbons (Fsp3) is 0.143. The van der Waals surface area contributed by atoms with Crippen LogP contribution in [-0.4, -0.2) is 21.4 Å². The van der Waals surface area contributed by atoms with E-state index in [1.54, 1.807) is 23.7 Å². The Balaban J connectivity index is 1.77. The van der Waals surface area contributed by atoms with Crippen molar-refractivity contribution in [1.29, 1.82) is 0 Å². The first-order chi connectivity index (χ1) is 12.0. The number of nitrogens with zero attached hydrogens (tertiary/aromatic N) is 1. The van der Waals surface area contributed by atoms with Crippen LogP contribution in [0.15, 0.2) is 66.7 Å². The molecule has 0 spiro atoms. The summed E-state index contributed by atoms with van der Waals surface area (Å²) in [6, 6.07) is 21.1. The first-order valence-corrected chi connectivity index (χ1v) is 8.08. The Morgan fingerprint density at radius 2 is 1.52 bits per heavy atom. The lowest BCUT2D eigenvalue weighted by Crippen LogP contribution is -2.11. The normalized spacial score (nSPS) is 10.6. The molecule has 3 rings (SSSR count). The summed E-state index contributed by atoms with van der Waals surface area (Å²) < 4.78 is 1.65. The predicted molar refractivity (Wildman–Crippen MR) is 95.9 cm³/mol. The minimum Gasteiger partial charge on any atom is -0.481 e. The summed E-state index contributed by atoms with van der Waals surface area (Å²) in [5.41, 5.74) is 4.06. The second kappa shape index (κ2) is 7.18. The highest BCUT2D eigenvalue weighted by atomic mass is 16.4. The van der Waals surface area contributed by atoms with E-state index in [0.29, 0.717) is 17.0 Å². The zero-order valence-electron chi connectivity index (χ0n) is 14.0. The van der Waals surface area contributed by atoms with Gasteiger partial charge in [0.1, 0.15) is 0 Å². The van der Waals surface area contributed by atoms with E-state index in [0.717, 1.165) is 12.0 Å². The summed E-state index contributed by atoms with van der Waals surface area (Å²) in [6.07, 6.45) is 0.724. The molecular weight excluding hydrogens is 314 g/mol. The van der Waals surface area contributed by atoms with Gasteiger partial charge in [0, 0.05) is 18.3 Å². The lowest BCUT2D eigenvalue weighted by molar-refractivity contribution is -0.136. The van der Waals surface area contributed by atoms with E-state index in [4.69, 9.17) is 5.11 Å². The maximum atomic E-state index is 12.7. The van der Waals surface area contributed by atoms with Crippen molar-refractivity contribution in [2.45, 2.75) is 12.8 Å². The first-order valence-electron chi connectivity index (χ1n) is 8.08. The Morgan fingerprint density at radius 3 is 2.16 bits per heavy atom. The maximum Gasteiger partial charge on any atom is 0.309 e. The average molecular weight is 333 g/mol. The fourth-order valence-electron chi connectivity index (χ4n) is 2.87. The number of carbonyl (C=O) groups excluding carboxylic acids is 1. The average Bonchev–Trinajstić information content (AvgIpc) is 2.96. The van der Waals surface area contributed by atoms with Crippen molar-refractivity contribution in [3.8, 4) is 0 Å². The molecule has 0 radical (unpaired) electrons. The highest BCUT2D eigenvalue weighted by Crippen LogP contribution is 2.16. The Labute approximate surface area is 146 Å². The predicted octanol–water partition coefficient (Wildman–Crippen LogP) is 3.47. The highest BCUT2D eigenvalue weighted by Gasteiger charge is 2.16. The van der Waals surface area contributed by atoms with Crippen LogP contribution in [0.3, 0.4) is 0 Å². The van der Waals surface area contributed by atoms with Crippen LogP contribution >= 0.6 is 0 Å². The largest absolute Gasteiger partial charge is 0.481 e. The minimum atomic E-state index is -0.912.